The topological polar surface area (TPSA) is 74.7 Å². The molecule has 5 rings (SSSR count). The lowest BCUT2D eigenvalue weighted by Crippen LogP contribution is -2.20. The molecule has 6 heteroatoms. The third kappa shape index (κ3) is 3.64. The summed E-state index contributed by atoms with van der Waals surface area (Å²) in [6.45, 7) is 4.71. The van der Waals surface area contributed by atoms with E-state index in [4.69, 9.17) is 0 Å². The van der Waals surface area contributed by atoms with Crippen molar-refractivity contribution in [1.82, 2.24) is 14.5 Å². The first kappa shape index (κ1) is 18.9. The fourth-order valence-electron chi connectivity index (χ4n) is 3.96. The van der Waals surface area contributed by atoms with Gasteiger partial charge in [-0.1, -0.05) is 18.2 Å². The molecule has 3 aromatic heterocycles. The van der Waals surface area contributed by atoms with E-state index in [1.807, 2.05) is 74.8 Å². The number of aryl methyl sites for hydroxylation is 2. The Hall–Kier alpha value is -4.06. The maximum atomic E-state index is 12.7. The first-order chi connectivity index (χ1) is 15.1. The van der Waals surface area contributed by atoms with E-state index in [0.29, 0.717) is 0 Å². The van der Waals surface area contributed by atoms with Crippen molar-refractivity contribution in [3.05, 3.63) is 89.9 Å². The highest BCUT2D eigenvalue weighted by Crippen LogP contribution is 2.27. The molecule has 6 nitrogen and oxygen atoms in total. The molecule has 3 heterocycles. The molecule has 0 unspecified atom stereocenters. The molecule has 0 bridgehead atoms. The fourth-order valence-corrected chi connectivity index (χ4v) is 3.96. The van der Waals surface area contributed by atoms with Gasteiger partial charge in [0.1, 0.15) is 5.65 Å². The third-order valence-electron chi connectivity index (χ3n) is 5.59. The van der Waals surface area contributed by atoms with Gasteiger partial charge in [0, 0.05) is 41.6 Å². The smallest absolute Gasteiger partial charge is 0.323 e. The van der Waals surface area contributed by atoms with Crippen LogP contribution in [0, 0.1) is 13.8 Å². The molecule has 2 amide bonds. The van der Waals surface area contributed by atoms with Crippen molar-refractivity contribution >= 4 is 39.3 Å². The number of hydrogen-bond acceptors (Lipinski definition) is 2. The number of aromatic nitrogens is 3. The molecule has 154 valence electrons. The fraction of sp³-hybridized carbons (Fsp3) is 0.120. The first-order valence-corrected chi connectivity index (χ1v) is 10.2. The largest absolute Gasteiger partial charge is 0.346 e. The molecule has 0 saturated heterocycles. The highest BCUT2D eigenvalue weighted by Gasteiger charge is 2.11. The summed E-state index contributed by atoms with van der Waals surface area (Å²) in [5, 5.41) is 8.08. The second-order valence-electron chi connectivity index (χ2n) is 7.79. The van der Waals surface area contributed by atoms with Gasteiger partial charge in [-0.2, -0.15) is 0 Å². The number of nitrogens with zero attached hydrogens (tertiary/aromatic N) is 2. The summed E-state index contributed by atoms with van der Waals surface area (Å²) in [7, 11) is 0. The summed E-state index contributed by atoms with van der Waals surface area (Å²) in [5.41, 5.74) is 6.86. The van der Waals surface area contributed by atoms with Crippen molar-refractivity contribution in [2.24, 2.45) is 0 Å². The molecule has 0 aliphatic carbocycles. The number of carbonyl (C=O) groups excluding carboxylic acids is 1. The number of hydrogen-bond donors (Lipinski definition) is 3. The second kappa shape index (κ2) is 7.65. The van der Waals surface area contributed by atoms with Crippen LogP contribution in [-0.2, 0) is 6.54 Å². The van der Waals surface area contributed by atoms with Crippen molar-refractivity contribution in [3.8, 4) is 0 Å². The maximum absolute atomic E-state index is 12.7. The van der Waals surface area contributed by atoms with Crippen LogP contribution in [0.5, 0.6) is 0 Å². The van der Waals surface area contributed by atoms with Crippen molar-refractivity contribution in [1.29, 1.82) is 0 Å². The first-order valence-electron chi connectivity index (χ1n) is 10.2. The molecule has 0 radical (unpaired) electrons. The zero-order valence-electron chi connectivity index (χ0n) is 17.4. The van der Waals surface area contributed by atoms with Crippen molar-refractivity contribution < 1.29 is 4.79 Å². The summed E-state index contributed by atoms with van der Waals surface area (Å²) in [6.07, 6.45) is 5.79. The van der Waals surface area contributed by atoms with Crippen molar-refractivity contribution in [3.63, 3.8) is 0 Å². The quantitative estimate of drug-likeness (QED) is 0.349. The van der Waals surface area contributed by atoms with Crippen molar-refractivity contribution in [2.75, 3.05) is 10.6 Å². The number of urea groups is 1. The lowest BCUT2D eigenvalue weighted by molar-refractivity contribution is 0.262. The van der Waals surface area contributed by atoms with Crippen LogP contribution in [-0.4, -0.2) is 20.6 Å². The van der Waals surface area contributed by atoms with E-state index in [2.05, 4.69) is 37.4 Å². The van der Waals surface area contributed by atoms with Gasteiger partial charge in [-0.15, -0.1) is 0 Å². The Morgan fingerprint density at radius 2 is 1.87 bits per heavy atom. The molecule has 0 aliphatic heterocycles. The van der Waals surface area contributed by atoms with Crippen LogP contribution < -0.4 is 10.6 Å². The van der Waals surface area contributed by atoms with Crippen LogP contribution in [0.2, 0.25) is 0 Å². The van der Waals surface area contributed by atoms with E-state index < -0.39 is 0 Å². The van der Waals surface area contributed by atoms with Gasteiger partial charge in [0.15, 0.2) is 0 Å². The number of aromatic amines is 1. The lowest BCUT2D eigenvalue weighted by Gasteiger charge is -2.12. The molecule has 0 saturated carbocycles. The Labute approximate surface area is 179 Å². The van der Waals surface area contributed by atoms with Gasteiger partial charge < -0.3 is 20.2 Å². The van der Waals surface area contributed by atoms with E-state index in [9.17, 15) is 4.79 Å². The lowest BCUT2D eigenvalue weighted by atomic mass is 10.1. The maximum Gasteiger partial charge on any atom is 0.323 e. The average molecular weight is 409 g/mol. The minimum Gasteiger partial charge on any atom is -0.346 e. The molecule has 2 aromatic carbocycles. The summed E-state index contributed by atoms with van der Waals surface area (Å²) >= 11 is 0. The summed E-state index contributed by atoms with van der Waals surface area (Å²) in [6, 6.07) is 17.8. The predicted octanol–water partition coefficient (Wildman–Crippen LogP) is 5.83. The van der Waals surface area contributed by atoms with Crippen molar-refractivity contribution in [2.45, 2.75) is 20.4 Å². The van der Waals surface area contributed by atoms with E-state index in [1.165, 1.54) is 5.56 Å². The van der Waals surface area contributed by atoms with Gasteiger partial charge in [-0.25, -0.2) is 9.78 Å². The van der Waals surface area contributed by atoms with E-state index >= 15 is 0 Å². The summed E-state index contributed by atoms with van der Waals surface area (Å²) in [4.78, 5) is 20.2. The Morgan fingerprint density at radius 3 is 2.77 bits per heavy atom. The monoisotopic (exact) mass is 409 g/mol. The van der Waals surface area contributed by atoms with E-state index in [1.54, 1.807) is 0 Å². The Bertz CT molecular complexity index is 1410. The molecule has 0 spiro atoms. The highest BCUT2D eigenvalue weighted by atomic mass is 16.2. The number of pyridine rings is 1. The van der Waals surface area contributed by atoms with Gasteiger partial charge in [0.2, 0.25) is 0 Å². The number of fused-ring (bicyclic) bond motifs is 2. The zero-order chi connectivity index (χ0) is 21.4. The predicted molar refractivity (Wildman–Crippen MR) is 126 cm³/mol. The van der Waals surface area contributed by atoms with Crippen LogP contribution in [0.1, 0.15) is 16.7 Å². The summed E-state index contributed by atoms with van der Waals surface area (Å²) in [5.74, 6) is 0. The van der Waals surface area contributed by atoms with Crippen LogP contribution in [0.25, 0.3) is 21.9 Å². The molecule has 5 aromatic rings. The number of anilines is 2. The number of benzene rings is 2. The van der Waals surface area contributed by atoms with E-state index in [0.717, 1.165) is 51.0 Å². The van der Waals surface area contributed by atoms with Gasteiger partial charge in [-0.05, 0) is 66.9 Å². The Kier molecular flexibility index (Phi) is 4.67. The van der Waals surface area contributed by atoms with Gasteiger partial charge >= 0.3 is 6.03 Å². The SMILES string of the molecule is Cc1ccc(C)c(NC(=O)Nc2cccc3c2ccn3Cc2ccnc3[nH]ccc23)c1. The second-order valence-corrected chi connectivity index (χ2v) is 7.79. The minimum absolute atomic E-state index is 0.253. The molecule has 3 N–H and O–H groups in total. The standard InChI is InChI=1S/C25H23N5O/c1-16-6-7-17(2)22(14-16)29-25(31)28-21-4-3-5-23-20(21)10-13-30(23)15-18-8-11-26-24-19(18)9-12-27-24/h3-14H,15H2,1-2H3,(H,26,27)(H2,28,29,31). The normalized spacial score (nSPS) is 11.2. The van der Waals surface area contributed by atoms with Gasteiger partial charge in [0.25, 0.3) is 0 Å². The molecule has 0 atom stereocenters. The third-order valence-corrected chi connectivity index (χ3v) is 5.59. The van der Waals surface area contributed by atoms with Crippen LogP contribution in [0.15, 0.2) is 73.2 Å². The number of carbonyl (C=O) groups is 1. The molecular weight excluding hydrogens is 386 g/mol. The van der Waals surface area contributed by atoms with Gasteiger partial charge in [-0.3, -0.25) is 0 Å². The Balaban J connectivity index is 1.41. The minimum atomic E-state index is -0.253. The molecule has 0 fully saturated rings. The number of rotatable bonds is 4. The van der Waals surface area contributed by atoms with Crippen LogP contribution in [0.3, 0.4) is 0 Å². The van der Waals surface area contributed by atoms with Crippen LogP contribution in [0.4, 0.5) is 16.2 Å². The zero-order valence-corrected chi connectivity index (χ0v) is 17.4. The molecule has 31 heavy (non-hydrogen) atoms. The highest BCUT2D eigenvalue weighted by molar-refractivity contribution is 6.06. The molecule has 0 aliphatic rings. The number of H-pyrrole nitrogens is 1. The molecular formula is C25H23N5O. The van der Waals surface area contributed by atoms with E-state index in [-0.39, 0.29) is 6.03 Å². The van der Waals surface area contributed by atoms with Crippen LogP contribution >= 0.6 is 0 Å². The number of amides is 2. The average Bonchev–Trinajstić information content (AvgIpc) is 3.39. The number of nitrogens with one attached hydrogen (secondary N) is 3. The summed E-state index contributed by atoms with van der Waals surface area (Å²) < 4.78 is 2.19. The Morgan fingerprint density at radius 1 is 1.00 bits per heavy atom. The van der Waals surface area contributed by atoms with Gasteiger partial charge in [0.05, 0.1) is 11.2 Å².